The van der Waals surface area contributed by atoms with Gasteiger partial charge in [0.2, 0.25) is 0 Å². The smallest absolute Gasteiger partial charge is 0.0465 e. The third-order valence-electron chi connectivity index (χ3n) is 19.3. The van der Waals surface area contributed by atoms with Gasteiger partial charge < -0.3 is 9.80 Å². The minimum absolute atomic E-state index is 0.0121. The molecule has 2 nitrogen and oxygen atoms in total. The summed E-state index contributed by atoms with van der Waals surface area (Å²) < 4.78 is 0. The Hall–Kier alpha value is -8.72. The number of rotatable bonds is 16. The van der Waals surface area contributed by atoms with Crippen LogP contribution in [0, 0.1) is 0 Å². The van der Waals surface area contributed by atoms with Gasteiger partial charge in [-0.05, 0) is 189 Å². The predicted molar refractivity (Wildman–Crippen MR) is 350 cm³/mol. The van der Waals surface area contributed by atoms with Gasteiger partial charge in [-0.2, -0.15) is 0 Å². The highest BCUT2D eigenvalue weighted by Gasteiger charge is 2.43. The van der Waals surface area contributed by atoms with Crippen LogP contribution in [0.2, 0.25) is 0 Å². The zero-order valence-corrected chi connectivity index (χ0v) is 48.2. The van der Waals surface area contributed by atoms with E-state index in [1.54, 1.807) is 0 Å². The second-order valence-corrected chi connectivity index (χ2v) is 23.2. The molecular weight excluding hydrogens is 989 g/mol. The number of fused-ring (bicyclic) bond motifs is 6. The Labute approximate surface area is 487 Å². The largest absolute Gasteiger partial charge is 0.310 e. The number of hydrogen-bond donors (Lipinski definition) is 0. The fourth-order valence-corrected chi connectivity index (χ4v) is 14.8. The Morgan fingerprint density at radius 1 is 0.293 bits per heavy atom. The van der Waals surface area contributed by atoms with Crippen LogP contribution in [-0.2, 0) is 16.2 Å². The molecule has 82 heavy (non-hydrogen) atoms. The van der Waals surface area contributed by atoms with E-state index in [-0.39, 0.29) is 16.2 Å². The first kappa shape index (κ1) is 52.6. The molecule has 1 saturated carbocycles. The zero-order chi connectivity index (χ0) is 55.7. The summed E-state index contributed by atoms with van der Waals surface area (Å²) in [4.78, 5) is 4.78. The highest BCUT2D eigenvalue weighted by molar-refractivity contribution is 5.89. The number of nitrogens with zero attached hydrogens (tertiary/aromatic N) is 2. The Kier molecular flexibility index (Phi) is 14.3. The molecule has 3 aliphatic rings. The van der Waals surface area contributed by atoms with Crippen molar-refractivity contribution in [3.8, 4) is 22.3 Å². The molecule has 0 bridgehead atoms. The molecule has 0 aliphatic heterocycles. The standard InChI is InChI=1S/C80H74N2/c1-5-78(6-2)74-54-60(40-48-70(74)72-50-46-68(56-76(72)78)81(64-24-14-9-15-25-64)65-26-16-10-17-27-65)34-32-58-36-42-62(43-37-58)80(52-22-13-23-53-80)63-44-38-59(39-45-63)33-35-61-41-49-71-73-51-47-69(57-77(73)79(7-3,8-4)75(71)55-61)82(66-28-18-11-19-29-66)67-30-20-12-21-31-67/h9-12,14-21,24-51,54-57H,5-8,13,22-23,52-53H2,1-4H3/b34-32+,35-33+. The molecule has 404 valence electrons. The zero-order valence-electron chi connectivity index (χ0n) is 48.2. The van der Waals surface area contributed by atoms with E-state index in [1.807, 2.05) is 0 Å². The summed E-state index contributed by atoms with van der Waals surface area (Å²) in [7, 11) is 0. The quantitative estimate of drug-likeness (QED) is 0.0890. The maximum absolute atomic E-state index is 2.48. The average Bonchev–Trinajstić information content (AvgIpc) is 2.32. The maximum atomic E-state index is 2.48. The van der Waals surface area contributed by atoms with Crippen molar-refractivity contribution in [2.45, 2.75) is 102 Å². The van der Waals surface area contributed by atoms with Gasteiger partial charge in [-0.3, -0.25) is 0 Å². The molecule has 10 aromatic rings. The van der Waals surface area contributed by atoms with Crippen molar-refractivity contribution in [2.24, 2.45) is 0 Å². The first-order valence-corrected chi connectivity index (χ1v) is 30.4. The summed E-state index contributed by atoms with van der Waals surface area (Å²) in [6.07, 6.45) is 19.6. The first-order chi connectivity index (χ1) is 40.4. The van der Waals surface area contributed by atoms with Gasteiger partial charge in [-0.25, -0.2) is 0 Å². The monoisotopic (exact) mass is 1060 g/mol. The van der Waals surface area contributed by atoms with Gasteiger partial charge in [0.15, 0.2) is 0 Å². The van der Waals surface area contributed by atoms with Crippen LogP contribution in [-0.4, -0.2) is 0 Å². The molecule has 0 N–H and O–H groups in total. The Bertz CT molecular complexity index is 3580. The van der Waals surface area contributed by atoms with Crippen molar-refractivity contribution in [3.05, 3.63) is 298 Å². The average molecular weight is 1060 g/mol. The van der Waals surface area contributed by atoms with Gasteiger partial charge in [0.1, 0.15) is 0 Å². The number of anilines is 6. The highest BCUT2D eigenvalue weighted by atomic mass is 15.1. The summed E-state index contributed by atoms with van der Waals surface area (Å²) in [6, 6.07) is 90.8. The van der Waals surface area contributed by atoms with E-state index in [4.69, 9.17) is 0 Å². The van der Waals surface area contributed by atoms with Crippen LogP contribution in [0.4, 0.5) is 34.1 Å². The van der Waals surface area contributed by atoms with Gasteiger partial charge in [0, 0.05) is 50.4 Å². The topological polar surface area (TPSA) is 6.48 Å². The van der Waals surface area contributed by atoms with Gasteiger partial charge in [0.25, 0.3) is 0 Å². The van der Waals surface area contributed by atoms with Crippen LogP contribution < -0.4 is 9.80 Å². The van der Waals surface area contributed by atoms with E-state index < -0.39 is 0 Å². The molecule has 3 aliphatic carbocycles. The summed E-state index contributed by atoms with van der Waals surface area (Å²) in [5.74, 6) is 0. The Morgan fingerprint density at radius 3 is 0.915 bits per heavy atom. The predicted octanol–water partition coefficient (Wildman–Crippen LogP) is 22.4. The summed E-state index contributed by atoms with van der Waals surface area (Å²) in [6.45, 7) is 9.48. The molecule has 13 rings (SSSR count). The third kappa shape index (κ3) is 9.23. The van der Waals surface area contributed by atoms with Crippen LogP contribution in [0.15, 0.2) is 243 Å². The van der Waals surface area contributed by atoms with Crippen LogP contribution in [0.1, 0.15) is 141 Å². The SMILES string of the molecule is CCC1(CC)c2cc(/C=C/c3ccc(C4(c5ccc(/C=C/c6ccc7c(c6)C(CC)(CC)c6cc(N(c8ccccc8)c8ccccc8)ccc6-7)cc5)CCCCC4)cc3)ccc2-c2ccc(N(c3ccccc3)c3ccccc3)cc21. The van der Waals surface area contributed by atoms with Crippen molar-refractivity contribution in [3.63, 3.8) is 0 Å². The van der Waals surface area contributed by atoms with Gasteiger partial charge in [0.05, 0.1) is 0 Å². The molecule has 1 fully saturated rings. The summed E-state index contributed by atoms with van der Waals surface area (Å²) >= 11 is 0. The maximum Gasteiger partial charge on any atom is 0.0465 e. The lowest BCUT2D eigenvalue weighted by molar-refractivity contribution is 0.346. The van der Waals surface area contributed by atoms with Crippen molar-refractivity contribution < 1.29 is 0 Å². The van der Waals surface area contributed by atoms with Crippen LogP contribution >= 0.6 is 0 Å². The van der Waals surface area contributed by atoms with Crippen LogP contribution in [0.5, 0.6) is 0 Å². The fourth-order valence-electron chi connectivity index (χ4n) is 14.8. The lowest BCUT2D eigenvalue weighted by Gasteiger charge is -2.39. The van der Waals surface area contributed by atoms with E-state index >= 15 is 0 Å². The molecule has 2 heteroatoms. The lowest BCUT2D eigenvalue weighted by Crippen LogP contribution is -2.30. The molecule has 0 radical (unpaired) electrons. The molecule has 0 saturated heterocycles. The second-order valence-electron chi connectivity index (χ2n) is 23.2. The van der Waals surface area contributed by atoms with Crippen molar-refractivity contribution in [1.29, 1.82) is 0 Å². The molecule has 0 aromatic heterocycles. The summed E-state index contributed by atoms with van der Waals surface area (Å²) in [5.41, 5.74) is 26.0. The molecular formula is C80H74N2. The van der Waals surface area contributed by atoms with Crippen LogP contribution in [0.3, 0.4) is 0 Å². The van der Waals surface area contributed by atoms with Gasteiger partial charge >= 0.3 is 0 Å². The van der Waals surface area contributed by atoms with Crippen molar-refractivity contribution >= 4 is 58.4 Å². The normalized spacial score (nSPS) is 15.2. The molecule has 0 amide bonds. The molecule has 0 spiro atoms. The van der Waals surface area contributed by atoms with E-state index in [9.17, 15) is 0 Å². The minimum Gasteiger partial charge on any atom is -0.310 e. The molecule has 0 heterocycles. The van der Waals surface area contributed by atoms with Gasteiger partial charge in [-0.1, -0.05) is 241 Å². The minimum atomic E-state index is -0.0667. The van der Waals surface area contributed by atoms with E-state index in [0.29, 0.717) is 0 Å². The fraction of sp³-hybridized carbons (Fsp3) is 0.200. The van der Waals surface area contributed by atoms with Gasteiger partial charge in [-0.15, -0.1) is 0 Å². The molecule has 0 unspecified atom stereocenters. The Morgan fingerprint density at radius 2 is 0.585 bits per heavy atom. The highest BCUT2D eigenvalue weighted by Crippen LogP contribution is 2.56. The first-order valence-electron chi connectivity index (χ1n) is 30.4. The number of hydrogen-bond acceptors (Lipinski definition) is 2. The van der Waals surface area contributed by atoms with Crippen molar-refractivity contribution in [1.82, 2.24) is 0 Å². The second kappa shape index (κ2) is 22.3. The number of para-hydroxylation sites is 4. The molecule has 10 aromatic carbocycles. The van der Waals surface area contributed by atoms with E-state index in [0.717, 1.165) is 48.4 Å². The Balaban J connectivity index is 0.730. The van der Waals surface area contributed by atoms with Crippen LogP contribution in [0.25, 0.3) is 46.6 Å². The van der Waals surface area contributed by atoms with Crippen molar-refractivity contribution in [2.75, 3.05) is 9.80 Å². The third-order valence-corrected chi connectivity index (χ3v) is 19.3. The summed E-state index contributed by atoms with van der Waals surface area (Å²) in [5, 5.41) is 0. The van der Waals surface area contributed by atoms with E-state index in [2.05, 4.69) is 304 Å². The van der Waals surface area contributed by atoms with E-state index in [1.165, 1.54) is 121 Å². The molecule has 0 atom stereocenters. The lowest BCUT2D eigenvalue weighted by atomic mass is 9.65. The number of benzene rings is 10.